The molecule has 0 aliphatic heterocycles. The van der Waals surface area contributed by atoms with Crippen LogP contribution in [0.2, 0.25) is 0 Å². The van der Waals surface area contributed by atoms with Crippen LogP contribution in [0.4, 0.5) is 11.4 Å². The van der Waals surface area contributed by atoms with Gasteiger partial charge in [-0.1, -0.05) is 24.3 Å². The third-order valence-electron chi connectivity index (χ3n) is 3.36. The summed E-state index contributed by atoms with van der Waals surface area (Å²) >= 11 is 0. The van der Waals surface area contributed by atoms with Crippen molar-refractivity contribution in [3.05, 3.63) is 76.4 Å². The predicted octanol–water partition coefficient (Wildman–Crippen LogP) is 3.07. The number of H-pyrrole nitrogens is 1. The van der Waals surface area contributed by atoms with E-state index in [-0.39, 0.29) is 11.6 Å². The van der Waals surface area contributed by atoms with Crippen LogP contribution in [0.15, 0.2) is 60.7 Å². The molecule has 3 rings (SSSR count). The molecule has 0 spiro atoms. The number of aromatic nitrogens is 3. The lowest BCUT2D eigenvalue weighted by Crippen LogP contribution is -2.08. The van der Waals surface area contributed by atoms with Crippen LogP contribution in [0, 0.1) is 10.1 Å². The van der Waals surface area contributed by atoms with Crippen LogP contribution >= 0.6 is 0 Å². The Morgan fingerprint density at radius 2 is 1.92 bits per heavy atom. The monoisotopic (exact) mass is 335 g/mol. The van der Waals surface area contributed by atoms with Gasteiger partial charge in [0.15, 0.2) is 0 Å². The molecule has 2 aromatic carbocycles. The van der Waals surface area contributed by atoms with Crippen LogP contribution in [0.1, 0.15) is 5.56 Å². The third-order valence-corrected chi connectivity index (χ3v) is 3.36. The van der Waals surface area contributed by atoms with E-state index in [9.17, 15) is 14.9 Å². The molecule has 0 saturated heterocycles. The Labute approximate surface area is 142 Å². The van der Waals surface area contributed by atoms with Gasteiger partial charge in [0.1, 0.15) is 11.0 Å². The molecule has 0 fully saturated rings. The highest BCUT2D eigenvalue weighted by atomic mass is 16.6. The number of fused-ring (bicyclic) bond motifs is 1. The van der Waals surface area contributed by atoms with Gasteiger partial charge >= 0.3 is 0 Å². The molecule has 0 aliphatic carbocycles. The Kier molecular flexibility index (Phi) is 4.61. The van der Waals surface area contributed by atoms with Crippen molar-refractivity contribution in [2.24, 2.45) is 0 Å². The highest BCUT2D eigenvalue weighted by Gasteiger charge is 2.06. The maximum absolute atomic E-state index is 11.9. The van der Waals surface area contributed by atoms with Crippen LogP contribution in [-0.4, -0.2) is 26.2 Å². The molecule has 8 nitrogen and oxygen atoms in total. The number of amides is 1. The van der Waals surface area contributed by atoms with E-state index in [0.717, 1.165) is 5.56 Å². The minimum absolute atomic E-state index is 0.0362. The lowest BCUT2D eigenvalue weighted by Gasteiger charge is -2.01. The third kappa shape index (κ3) is 3.94. The first-order valence-electron chi connectivity index (χ1n) is 7.33. The van der Waals surface area contributed by atoms with Crippen molar-refractivity contribution < 1.29 is 9.72 Å². The Hall–Kier alpha value is -3.81. The van der Waals surface area contributed by atoms with Crippen LogP contribution in [0.25, 0.3) is 17.1 Å². The van der Waals surface area contributed by atoms with Crippen molar-refractivity contribution in [3.8, 4) is 0 Å². The first kappa shape index (κ1) is 16.1. The second kappa shape index (κ2) is 7.18. The van der Waals surface area contributed by atoms with Gasteiger partial charge in [0.05, 0.1) is 10.6 Å². The molecule has 2 N–H and O–H groups in total. The van der Waals surface area contributed by atoms with E-state index in [1.54, 1.807) is 48.6 Å². The van der Waals surface area contributed by atoms with Gasteiger partial charge in [0.2, 0.25) is 5.91 Å². The SMILES string of the molecule is O=C(C=CC=Cc1ccc([N+](=O)[O-])cc1)Nc1cccc2n[nH]nc12. The Morgan fingerprint density at radius 1 is 1.12 bits per heavy atom. The van der Waals surface area contributed by atoms with E-state index in [1.807, 2.05) is 0 Å². The number of carbonyl (C=O) groups is 1. The van der Waals surface area contributed by atoms with E-state index in [0.29, 0.717) is 16.7 Å². The van der Waals surface area contributed by atoms with Crippen molar-refractivity contribution in [2.45, 2.75) is 0 Å². The van der Waals surface area contributed by atoms with E-state index in [4.69, 9.17) is 0 Å². The number of hydrogen-bond acceptors (Lipinski definition) is 5. The van der Waals surface area contributed by atoms with E-state index < -0.39 is 4.92 Å². The maximum Gasteiger partial charge on any atom is 0.269 e. The number of carbonyl (C=O) groups excluding carboxylic acids is 1. The predicted molar refractivity (Wildman–Crippen MR) is 93.8 cm³/mol. The summed E-state index contributed by atoms with van der Waals surface area (Å²) in [5, 5.41) is 23.8. The van der Waals surface area contributed by atoms with E-state index in [2.05, 4.69) is 20.7 Å². The zero-order chi connectivity index (χ0) is 17.6. The minimum atomic E-state index is -0.451. The zero-order valence-corrected chi connectivity index (χ0v) is 12.9. The molecule has 0 aliphatic rings. The number of non-ortho nitro benzene ring substituents is 1. The zero-order valence-electron chi connectivity index (χ0n) is 12.9. The van der Waals surface area contributed by atoms with Gasteiger partial charge in [0.25, 0.3) is 5.69 Å². The normalized spacial score (nSPS) is 11.4. The summed E-state index contributed by atoms with van der Waals surface area (Å²) in [7, 11) is 0. The number of nitro benzene ring substituents is 1. The Bertz CT molecular complexity index is 973. The maximum atomic E-state index is 11.9. The summed E-state index contributed by atoms with van der Waals surface area (Å²) < 4.78 is 0. The number of anilines is 1. The minimum Gasteiger partial charge on any atom is -0.320 e. The van der Waals surface area contributed by atoms with Gasteiger partial charge in [-0.2, -0.15) is 15.4 Å². The van der Waals surface area contributed by atoms with E-state index >= 15 is 0 Å². The number of benzene rings is 2. The lowest BCUT2D eigenvalue weighted by molar-refractivity contribution is -0.384. The number of hydrogen-bond donors (Lipinski definition) is 2. The van der Waals surface area contributed by atoms with E-state index in [1.165, 1.54) is 18.2 Å². The number of allylic oxidation sites excluding steroid dienone is 2. The summed E-state index contributed by atoms with van der Waals surface area (Å²) in [4.78, 5) is 22.1. The fourth-order valence-electron chi connectivity index (χ4n) is 2.16. The molecule has 25 heavy (non-hydrogen) atoms. The van der Waals surface area contributed by atoms with Crippen molar-refractivity contribution in [1.29, 1.82) is 0 Å². The molecule has 8 heteroatoms. The molecule has 1 amide bonds. The molecule has 1 heterocycles. The van der Waals surface area contributed by atoms with Crippen molar-refractivity contribution in [3.63, 3.8) is 0 Å². The first-order valence-corrected chi connectivity index (χ1v) is 7.33. The highest BCUT2D eigenvalue weighted by Crippen LogP contribution is 2.18. The molecule has 3 aromatic rings. The van der Waals surface area contributed by atoms with Gasteiger partial charge in [-0.25, -0.2) is 0 Å². The van der Waals surface area contributed by atoms with Gasteiger partial charge in [0, 0.05) is 18.2 Å². The molecule has 0 saturated carbocycles. The molecular formula is C17H13N5O3. The number of rotatable bonds is 5. The van der Waals surface area contributed by atoms with Crippen molar-refractivity contribution in [1.82, 2.24) is 15.4 Å². The summed E-state index contributed by atoms with van der Waals surface area (Å²) in [6.07, 6.45) is 6.38. The molecule has 0 radical (unpaired) electrons. The molecule has 0 atom stereocenters. The van der Waals surface area contributed by atoms with Crippen molar-refractivity contribution in [2.75, 3.05) is 5.32 Å². The smallest absolute Gasteiger partial charge is 0.269 e. The highest BCUT2D eigenvalue weighted by molar-refractivity contribution is 6.04. The van der Waals surface area contributed by atoms with Crippen LogP contribution in [0.3, 0.4) is 0 Å². The summed E-state index contributed by atoms with van der Waals surface area (Å²) in [6.45, 7) is 0. The van der Waals surface area contributed by atoms with Gasteiger partial charge in [-0.15, -0.1) is 0 Å². The Balaban J connectivity index is 1.61. The average Bonchev–Trinajstić information content (AvgIpc) is 3.09. The van der Waals surface area contributed by atoms with Gasteiger partial charge in [-0.05, 0) is 29.8 Å². The fraction of sp³-hybridized carbons (Fsp3) is 0. The number of nitrogens with zero attached hydrogens (tertiary/aromatic N) is 3. The molecule has 0 bridgehead atoms. The standard InChI is InChI=1S/C17H13N5O3/c23-16(18-14-5-3-6-15-17(14)20-21-19-15)7-2-1-4-12-8-10-13(11-9-12)22(24)25/h1-11H,(H,18,23)(H,19,20,21). The first-order chi connectivity index (χ1) is 12.1. The fourth-order valence-corrected chi connectivity index (χ4v) is 2.16. The molecular weight excluding hydrogens is 322 g/mol. The van der Waals surface area contributed by atoms with Gasteiger partial charge in [-0.3, -0.25) is 14.9 Å². The second-order valence-corrected chi connectivity index (χ2v) is 5.05. The number of para-hydroxylation sites is 1. The van der Waals surface area contributed by atoms with Crippen molar-refractivity contribution >= 4 is 34.4 Å². The summed E-state index contributed by atoms with van der Waals surface area (Å²) in [5.41, 5.74) is 2.66. The molecule has 1 aromatic heterocycles. The van der Waals surface area contributed by atoms with Crippen LogP contribution < -0.4 is 5.32 Å². The van der Waals surface area contributed by atoms with Gasteiger partial charge < -0.3 is 5.32 Å². The van der Waals surface area contributed by atoms with Crippen LogP contribution in [-0.2, 0) is 4.79 Å². The second-order valence-electron chi connectivity index (χ2n) is 5.05. The average molecular weight is 335 g/mol. The summed E-state index contributed by atoms with van der Waals surface area (Å²) in [6, 6.07) is 11.4. The Morgan fingerprint density at radius 3 is 2.68 bits per heavy atom. The number of nitro groups is 1. The van der Waals surface area contributed by atoms with Crippen LogP contribution in [0.5, 0.6) is 0 Å². The topological polar surface area (TPSA) is 114 Å². The molecule has 124 valence electrons. The largest absolute Gasteiger partial charge is 0.320 e. The quantitative estimate of drug-likeness (QED) is 0.322. The summed E-state index contributed by atoms with van der Waals surface area (Å²) in [5.74, 6) is -0.302. The number of aromatic amines is 1. The lowest BCUT2D eigenvalue weighted by atomic mass is 10.2. The number of nitrogens with one attached hydrogen (secondary N) is 2. The molecule has 0 unspecified atom stereocenters.